The third-order valence-electron chi connectivity index (χ3n) is 5.84. The van der Waals surface area contributed by atoms with E-state index in [0.29, 0.717) is 28.9 Å². The Morgan fingerprint density at radius 3 is 2.52 bits per heavy atom. The first-order valence-corrected chi connectivity index (χ1v) is 10.4. The van der Waals surface area contributed by atoms with Crippen molar-refractivity contribution in [3.63, 3.8) is 0 Å². The molecule has 2 aromatic rings. The molecule has 27 heavy (non-hydrogen) atoms. The van der Waals surface area contributed by atoms with E-state index in [1.165, 1.54) is 11.1 Å². The van der Waals surface area contributed by atoms with Gasteiger partial charge >= 0.3 is 0 Å². The number of nitrogens with zero attached hydrogens (tertiary/aromatic N) is 2. The second kappa shape index (κ2) is 8.22. The summed E-state index contributed by atoms with van der Waals surface area (Å²) in [6.45, 7) is 3.76. The third-order valence-corrected chi connectivity index (χ3v) is 6.55. The van der Waals surface area contributed by atoms with Crippen LogP contribution in [0, 0.1) is 0 Å². The Balaban J connectivity index is 1.32. The summed E-state index contributed by atoms with van der Waals surface area (Å²) < 4.78 is 0. The summed E-state index contributed by atoms with van der Waals surface area (Å²) in [5, 5.41) is 1.28. The second-order valence-electron chi connectivity index (χ2n) is 7.47. The quantitative estimate of drug-likeness (QED) is 0.746. The van der Waals surface area contributed by atoms with E-state index in [1.807, 2.05) is 23.1 Å². The molecule has 0 saturated carbocycles. The van der Waals surface area contributed by atoms with Crippen LogP contribution in [0.3, 0.4) is 0 Å². The summed E-state index contributed by atoms with van der Waals surface area (Å²) in [5.74, 6) is 0.200. The molecule has 2 aliphatic heterocycles. The molecule has 3 nitrogen and oxygen atoms in total. The first kappa shape index (κ1) is 18.8. The zero-order valence-corrected chi connectivity index (χ0v) is 16.8. The normalized spacial score (nSPS) is 19.9. The minimum atomic E-state index is 0.200. The summed E-state index contributed by atoms with van der Waals surface area (Å²) >= 11 is 12.4. The number of halogens is 2. The van der Waals surface area contributed by atoms with Crippen LogP contribution in [0.5, 0.6) is 0 Å². The van der Waals surface area contributed by atoms with E-state index in [9.17, 15) is 4.79 Å². The highest BCUT2D eigenvalue weighted by Crippen LogP contribution is 2.27. The van der Waals surface area contributed by atoms with E-state index >= 15 is 0 Å². The monoisotopic (exact) mass is 402 g/mol. The van der Waals surface area contributed by atoms with Gasteiger partial charge in [0.25, 0.3) is 0 Å². The SMILES string of the molecule is O=C(CCc1c(Cl)cccc1Cl)N1CCC(N2CCc3ccccc3C2)C1. The van der Waals surface area contributed by atoms with Gasteiger partial charge in [0.15, 0.2) is 0 Å². The molecule has 4 rings (SSSR count). The van der Waals surface area contributed by atoms with Crippen LogP contribution >= 0.6 is 23.2 Å². The van der Waals surface area contributed by atoms with Crippen molar-refractivity contribution in [2.24, 2.45) is 0 Å². The van der Waals surface area contributed by atoms with Crippen molar-refractivity contribution in [1.82, 2.24) is 9.80 Å². The first-order valence-electron chi connectivity index (χ1n) is 9.63. The number of rotatable bonds is 4. The summed E-state index contributed by atoms with van der Waals surface area (Å²) in [5.41, 5.74) is 3.77. The van der Waals surface area contributed by atoms with Crippen LogP contribution in [0.25, 0.3) is 0 Å². The fourth-order valence-electron chi connectivity index (χ4n) is 4.26. The van der Waals surface area contributed by atoms with E-state index in [0.717, 1.165) is 44.6 Å². The lowest BCUT2D eigenvalue weighted by Crippen LogP contribution is -2.41. The Hall–Kier alpha value is -1.55. The molecule has 1 unspecified atom stereocenters. The summed E-state index contributed by atoms with van der Waals surface area (Å²) in [6.07, 6.45) is 3.21. The highest BCUT2D eigenvalue weighted by Gasteiger charge is 2.31. The number of benzene rings is 2. The molecule has 2 aromatic carbocycles. The van der Waals surface area contributed by atoms with Gasteiger partial charge in [-0.05, 0) is 48.1 Å². The predicted octanol–water partition coefficient (Wildman–Crippen LogP) is 4.59. The topological polar surface area (TPSA) is 23.6 Å². The molecular weight excluding hydrogens is 379 g/mol. The van der Waals surface area contributed by atoms with Gasteiger partial charge in [0.1, 0.15) is 0 Å². The summed E-state index contributed by atoms with van der Waals surface area (Å²) in [6, 6.07) is 14.6. The summed E-state index contributed by atoms with van der Waals surface area (Å²) in [4.78, 5) is 17.2. The van der Waals surface area contributed by atoms with Crippen LogP contribution in [0.4, 0.5) is 0 Å². The van der Waals surface area contributed by atoms with Crippen LogP contribution in [0.2, 0.25) is 10.0 Å². The standard InChI is InChI=1S/C22H24Cl2N2O/c23-20-6-3-7-21(24)19(20)8-9-22(27)26-13-11-18(15-26)25-12-10-16-4-1-2-5-17(16)14-25/h1-7,18H,8-15H2. The first-order chi connectivity index (χ1) is 13.1. The third kappa shape index (κ3) is 4.16. The summed E-state index contributed by atoms with van der Waals surface area (Å²) in [7, 11) is 0. The van der Waals surface area contributed by atoms with Crippen molar-refractivity contribution >= 4 is 29.1 Å². The van der Waals surface area contributed by atoms with Crippen LogP contribution < -0.4 is 0 Å². The Kier molecular flexibility index (Phi) is 5.72. The minimum absolute atomic E-state index is 0.200. The highest BCUT2D eigenvalue weighted by atomic mass is 35.5. The fourth-order valence-corrected chi connectivity index (χ4v) is 4.84. The molecule has 0 N–H and O–H groups in total. The van der Waals surface area contributed by atoms with Gasteiger partial charge in [0.2, 0.25) is 5.91 Å². The number of hydrogen-bond acceptors (Lipinski definition) is 2. The molecule has 1 saturated heterocycles. The van der Waals surface area contributed by atoms with Gasteiger partial charge in [0, 0.05) is 48.7 Å². The molecule has 2 aliphatic rings. The van der Waals surface area contributed by atoms with Gasteiger partial charge in [0.05, 0.1) is 0 Å². The van der Waals surface area contributed by atoms with Gasteiger partial charge in [-0.1, -0.05) is 53.5 Å². The number of fused-ring (bicyclic) bond motifs is 1. The minimum Gasteiger partial charge on any atom is -0.341 e. The average molecular weight is 403 g/mol. The van der Waals surface area contributed by atoms with Crippen molar-refractivity contribution in [2.75, 3.05) is 19.6 Å². The maximum Gasteiger partial charge on any atom is 0.222 e. The van der Waals surface area contributed by atoms with E-state index in [2.05, 4.69) is 29.2 Å². The zero-order chi connectivity index (χ0) is 18.8. The molecule has 142 valence electrons. The lowest BCUT2D eigenvalue weighted by molar-refractivity contribution is -0.130. The highest BCUT2D eigenvalue weighted by molar-refractivity contribution is 6.36. The van der Waals surface area contributed by atoms with Crippen molar-refractivity contribution in [2.45, 2.75) is 38.3 Å². The fraction of sp³-hybridized carbons (Fsp3) is 0.409. The smallest absolute Gasteiger partial charge is 0.222 e. The molecule has 5 heteroatoms. The van der Waals surface area contributed by atoms with Crippen molar-refractivity contribution in [1.29, 1.82) is 0 Å². The van der Waals surface area contributed by atoms with Crippen LogP contribution in [-0.2, 0) is 24.2 Å². The van der Waals surface area contributed by atoms with E-state index in [-0.39, 0.29) is 5.91 Å². The van der Waals surface area contributed by atoms with Crippen LogP contribution in [-0.4, -0.2) is 41.4 Å². The number of amides is 1. The van der Waals surface area contributed by atoms with Gasteiger partial charge < -0.3 is 4.90 Å². The largest absolute Gasteiger partial charge is 0.341 e. The predicted molar refractivity (Wildman–Crippen MR) is 110 cm³/mol. The van der Waals surface area contributed by atoms with E-state index in [1.54, 1.807) is 0 Å². The molecule has 1 amide bonds. The number of likely N-dealkylation sites (tertiary alicyclic amines) is 1. The van der Waals surface area contributed by atoms with E-state index in [4.69, 9.17) is 23.2 Å². The van der Waals surface area contributed by atoms with Crippen molar-refractivity contribution in [3.8, 4) is 0 Å². The Morgan fingerprint density at radius 2 is 1.74 bits per heavy atom. The Bertz CT molecular complexity index is 819. The number of carbonyl (C=O) groups excluding carboxylic acids is 1. The molecule has 0 bridgehead atoms. The van der Waals surface area contributed by atoms with Gasteiger partial charge in [-0.3, -0.25) is 9.69 Å². The molecule has 2 heterocycles. The zero-order valence-electron chi connectivity index (χ0n) is 15.3. The lowest BCUT2D eigenvalue weighted by Gasteiger charge is -2.33. The maximum atomic E-state index is 12.7. The van der Waals surface area contributed by atoms with Crippen LogP contribution in [0.15, 0.2) is 42.5 Å². The van der Waals surface area contributed by atoms with E-state index < -0.39 is 0 Å². The molecule has 0 radical (unpaired) electrons. The average Bonchev–Trinajstić information content (AvgIpc) is 3.17. The van der Waals surface area contributed by atoms with Crippen LogP contribution in [0.1, 0.15) is 29.5 Å². The second-order valence-corrected chi connectivity index (χ2v) is 8.29. The molecule has 1 atom stereocenters. The molecule has 0 aliphatic carbocycles. The lowest BCUT2D eigenvalue weighted by atomic mass is 9.98. The molecule has 0 aromatic heterocycles. The Labute approximate surface area is 170 Å². The van der Waals surface area contributed by atoms with Crippen molar-refractivity contribution < 1.29 is 4.79 Å². The van der Waals surface area contributed by atoms with Crippen molar-refractivity contribution in [3.05, 3.63) is 69.2 Å². The maximum absolute atomic E-state index is 12.7. The molecule has 1 fully saturated rings. The van der Waals surface area contributed by atoms with Gasteiger partial charge in [-0.15, -0.1) is 0 Å². The van der Waals surface area contributed by atoms with Gasteiger partial charge in [-0.25, -0.2) is 0 Å². The van der Waals surface area contributed by atoms with Gasteiger partial charge in [-0.2, -0.15) is 0 Å². The molecular formula is C22H24Cl2N2O. The number of carbonyl (C=O) groups is 1. The Morgan fingerprint density at radius 1 is 1.00 bits per heavy atom. The number of hydrogen-bond donors (Lipinski definition) is 0. The molecule has 0 spiro atoms.